The van der Waals surface area contributed by atoms with Crippen LogP contribution in [0, 0.1) is 5.92 Å². The zero-order valence-corrected chi connectivity index (χ0v) is 9.21. The number of aliphatic carboxylic acids is 1. The molecular formula is C13H12N2O2. The number of fused-ring (bicyclic) bond motifs is 1. The van der Waals surface area contributed by atoms with Crippen LogP contribution in [0.25, 0.3) is 5.69 Å². The van der Waals surface area contributed by atoms with Crippen molar-refractivity contribution in [3.63, 3.8) is 0 Å². The minimum absolute atomic E-state index is 0.294. The van der Waals surface area contributed by atoms with Gasteiger partial charge in [-0.1, -0.05) is 18.2 Å². The van der Waals surface area contributed by atoms with Crippen LogP contribution < -0.4 is 0 Å². The summed E-state index contributed by atoms with van der Waals surface area (Å²) in [5.74, 6) is -1.02. The highest BCUT2D eigenvalue weighted by Gasteiger charge is 2.30. The first kappa shape index (κ1) is 10.1. The molecule has 1 heterocycles. The number of nitrogens with zero attached hydrogens (tertiary/aromatic N) is 2. The van der Waals surface area contributed by atoms with Gasteiger partial charge in [-0.15, -0.1) is 0 Å². The van der Waals surface area contributed by atoms with Crippen molar-refractivity contribution in [3.05, 3.63) is 47.8 Å². The maximum Gasteiger partial charge on any atom is 0.307 e. The Morgan fingerprint density at radius 1 is 1.29 bits per heavy atom. The molecule has 0 saturated heterocycles. The van der Waals surface area contributed by atoms with Gasteiger partial charge in [0.05, 0.1) is 17.8 Å². The van der Waals surface area contributed by atoms with E-state index in [9.17, 15) is 4.79 Å². The molecule has 0 spiro atoms. The lowest BCUT2D eigenvalue weighted by molar-refractivity contribution is -0.141. The monoisotopic (exact) mass is 228 g/mol. The SMILES string of the molecule is O=C(O)C1Cc2cnn(-c3ccccc3)c2C1. The fraction of sp³-hybridized carbons (Fsp3) is 0.231. The smallest absolute Gasteiger partial charge is 0.307 e. The van der Waals surface area contributed by atoms with Crippen LogP contribution in [0.2, 0.25) is 0 Å². The molecule has 1 unspecified atom stereocenters. The normalized spacial score (nSPS) is 18.0. The van der Waals surface area contributed by atoms with Crippen LogP contribution in [0.3, 0.4) is 0 Å². The highest BCUT2D eigenvalue weighted by molar-refractivity contribution is 5.72. The third-order valence-electron chi connectivity index (χ3n) is 3.21. The number of benzene rings is 1. The minimum atomic E-state index is -0.721. The van der Waals surface area contributed by atoms with Gasteiger partial charge in [0.1, 0.15) is 0 Å². The Morgan fingerprint density at radius 3 is 2.76 bits per heavy atom. The molecule has 0 radical (unpaired) electrons. The molecule has 0 amide bonds. The van der Waals surface area contributed by atoms with Crippen molar-refractivity contribution >= 4 is 5.97 Å². The highest BCUT2D eigenvalue weighted by atomic mass is 16.4. The third-order valence-corrected chi connectivity index (χ3v) is 3.21. The Hall–Kier alpha value is -2.10. The number of rotatable bonds is 2. The van der Waals surface area contributed by atoms with Gasteiger partial charge in [0, 0.05) is 12.1 Å². The number of carboxylic acids is 1. The van der Waals surface area contributed by atoms with Crippen molar-refractivity contribution in [2.24, 2.45) is 5.92 Å². The van der Waals surface area contributed by atoms with E-state index in [1.54, 1.807) is 6.20 Å². The first-order valence-corrected chi connectivity index (χ1v) is 5.59. The summed E-state index contributed by atoms with van der Waals surface area (Å²) in [6.45, 7) is 0. The van der Waals surface area contributed by atoms with E-state index in [1.807, 2.05) is 35.0 Å². The van der Waals surface area contributed by atoms with E-state index in [1.165, 1.54) is 0 Å². The zero-order valence-electron chi connectivity index (χ0n) is 9.21. The summed E-state index contributed by atoms with van der Waals surface area (Å²) in [6, 6.07) is 9.80. The first-order chi connectivity index (χ1) is 8.25. The van der Waals surface area contributed by atoms with Crippen LogP contribution >= 0.6 is 0 Å². The summed E-state index contributed by atoms with van der Waals surface area (Å²) in [6.07, 6.45) is 2.95. The molecule has 0 fully saturated rings. The van der Waals surface area contributed by atoms with Gasteiger partial charge < -0.3 is 5.11 Å². The number of aromatic nitrogens is 2. The maximum absolute atomic E-state index is 11.0. The van der Waals surface area contributed by atoms with Crippen LogP contribution in [-0.2, 0) is 17.6 Å². The van der Waals surface area contributed by atoms with Crippen LogP contribution in [0.15, 0.2) is 36.5 Å². The second-order valence-corrected chi connectivity index (χ2v) is 4.31. The van der Waals surface area contributed by atoms with Crippen molar-refractivity contribution in [1.29, 1.82) is 0 Å². The largest absolute Gasteiger partial charge is 0.481 e. The standard InChI is InChI=1S/C13H12N2O2/c16-13(17)9-6-10-8-14-15(12(10)7-9)11-4-2-1-3-5-11/h1-5,8-9H,6-7H2,(H,16,17). The van der Waals surface area contributed by atoms with Gasteiger partial charge in [0.2, 0.25) is 0 Å². The van der Waals surface area contributed by atoms with Crippen LogP contribution in [0.1, 0.15) is 11.3 Å². The molecule has 1 aromatic heterocycles. The van der Waals surface area contributed by atoms with Gasteiger partial charge in [-0.3, -0.25) is 4.79 Å². The molecule has 86 valence electrons. The molecule has 3 rings (SSSR count). The summed E-state index contributed by atoms with van der Waals surface area (Å²) >= 11 is 0. The second-order valence-electron chi connectivity index (χ2n) is 4.31. The van der Waals surface area contributed by atoms with Gasteiger partial charge in [0.25, 0.3) is 0 Å². The Balaban J connectivity index is 1.99. The third kappa shape index (κ3) is 1.62. The van der Waals surface area contributed by atoms with Crippen molar-refractivity contribution < 1.29 is 9.90 Å². The van der Waals surface area contributed by atoms with E-state index in [-0.39, 0.29) is 5.92 Å². The summed E-state index contributed by atoms with van der Waals surface area (Å²) in [5.41, 5.74) is 3.07. The predicted molar refractivity (Wildman–Crippen MR) is 62.1 cm³/mol. The summed E-state index contributed by atoms with van der Waals surface area (Å²) in [7, 11) is 0. The summed E-state index contributed by atoms with van der Waals surface area (Å²) in [4.78, 5) is 11.0. The summed E-state index contributed by atoms with van der Waals surface area (Å²) in [5, 5.41) is 13.4. The molecule has 0 aliphatic heterocycles. The topological polar surface area (TPSA) is 55.1 Å². The van der Waals surface area contributed by atoms with Gasteiger partial charge >= 0.3 is 5.97 Å². The number of carbonyl (C=O) groups is 1. The number of hydrogen-bond acceptors (Lipinski definition) is 2. The molecular weight excluding hydrogens is 216 g/mol. The molecule has 2 aromatic rings. The van der Waals surface area contributed by atoms with Gasteiger partial charge in [-0.05, 0) is 24.1 Å². The van der Waals surface area contributed by atoms with Crippen molar-refractivity contribution in [2.45, 2.75) is 12.8 Å². The lowest BCUT2D eigenvalue weighted by atomic mass is 10.1. The van der Waals surface area contributed by atoms with Crippen LogP contribution in [-0.4, -0.2) is 20.9 Å². The van der Waals surface area contributed by atoms with E-state index in [2.05, 4.69) is 5.10 Å². The molecule has 17 heavy (non-hydrogen) atoms. The second kappa shape index (κ2) is 3.73. The Bertz CT molecular complexity index is 560. The van der Waals surface area contributed by atoms with Gasteiger partial charge in [-0.25, -0.2) is 4.68 Å². The van der Waals surface area contributed by atoms with Crippen LogP contribution in [0.5, 0.6) is 0 Å². The van der Waals surface area contributed by atoms with Crippen molar-refractivity contribution in [1.82, 2.24) is 9.78 Å². The number of hydrogen-bond donors (Lipinski definition) is 1. The van der Waals surface area contributed by atoms with Crippen molar-refractivity contribution in [3.8, 4) is 5.69 Å². The summed E-state index contributed by atoms with van der Waals surface area (Å²) < 4.78 is 1.85. The Morgan fingerprint density at radius 2 is 2.06 bits per heavy atom. The molecule has 0 bridgehead atoms. The number of para-hydroxylation sites is 1. The van der Waals surface area contributed by atoms with Gasteiger partial charge in [0.15, 0.2) is 0 Å². The molecule has 1 aliphatic rings. The number of carboxylic acid groups (broad SMARTS) is 1. The van der Waals surface area contributed by atoms with E-state index < -0.39 is 5.97 Å². The zero-order chi connectivity index (χ0) is 11.8. The first-order valence-electron chi connectivity index (χ1n) is 5.59. The van der Waals surface area contributed by atoms with E-state index in [4.69, 9.17) is 5.11 Å². The molecule has 1 aromatic carbocycles. The fourth-order valence-corrected chi connectivity index (χ4v) is 2.33. The molecule has 1 aliphatic carbocycles. The minimum Gasteiger partial charge on any atom is -0.481 e. The molecule has 1 N–H and O–H groups in total. The fourth-order valence-electron chi connectivity index (χ4n) is 2.33. The average Bonchev–Trinajstić information content (AvgIpc) is 2.89. The molecule has 4 heteroatoms. The van der Waals surface area contributed by atoms with Gasteiger partial charge in [-0.2, -0.15) is 5.10 Å². The lowest BCUT2D eigenvalue weighted by Gasteiger charge is -2.06. The Kier molecular flexibility index (Phi) is 2.21. The quantitative estimate of drug-likeness (QED) is 0.850. The van der Waals surface area contributed by atoms with Crippen LogP contribution in [0.4, 0.5) is 0 Å². The Labute approximate surface area is 98.5 Å². The maximum atomic E-state index is 11.0. The highest BCUT2D eigenvalue weighted by Crippen LogP contribution is 2.28. The molecule has 4 nitrogen and oxygen atoms in total. The lowest BCUT2D eigenvalue weighted by Crippen LogP contribution is -2.14. The van der Waals surface area contributed by atoms with E-state index in [0.29, 0.717) is 12.8 Å². The van der Waals surface area contributed by atoms with Crippen molar-refractivity contribution in [2.75, 3.05) is 0 Å². The van der Waals surface area contributed by atoms with E-state index in [0.717, 1.165) is 16.9 Å². The molecule has 0 saturated carbocycles. The van der Waals surface area contributed by atoms with E-state index >= 15 is 0 Å². The molecule has 1 atom stereocenters. The predicted octanol–water partition coefficient (Wildman–Crippen LogP) is 1.67. The average molecular weight is 228 g/mol.